The van der Waals surface area contributed by atoms with Gasteiger partial charge in [0.2, 0.25) is 0 Å². The van der Waals surface area contributed by atoms with E-state index in [2.05, 4.69) is 34.8 Å². The number of carbonyl (C=O) groups is 1. The molecule has 7 nitrogen and oxygen atoms in total. The summed E-state index contributed by atoms with van der Waals surface area (Å²) in [7, 11) is 0. The van der Waals surface area contributed by atoms with Gasteiger partial charge in [0.15, 0.2) is 11.5 Å². The van der Waals surface area contributed by atoms with E-state index in [9.17, 15) is 4.79 Å². The molecule has 4 rings (SSSR count). The highest BCUT2D eigenvalue weighted by Gasteiger charge is 2.16. The molecule has 0 saturated heterocycles. The van der Waals surface area contributed by atoms with Crippen LogP contribution in [-0.2, 0) is 6.54 Å². The Balaban J connectivity index is 1.47. The second kappa shape index (κ2) is 7.87. The van der Waals surface area contributed by atoms with E-state index < -0.39 is 0 Å². The molecule has 1 aliphatic rings. The standard InChI is InChI=1S/C22H24N4O3/c1-14-6-4-5-7-17(14)13-26-16(3)21(15(2)25-26)24-22(27)23-18-8-9-19-20(12-18)29-11-10-28-19/h4-9,12H,10-11,13H2,1-3H3,(H2,23,24,27). The molecule has 2 amide bonds. The second-order valence-corrected chi connectivity index (χ2v) is 7.07. The fraction of sp³-hybridized carbons (Fsp3) is 0.273. The number of rotatable bonds is 4. The molecule has 1 aliphatic heterocycles. The third-order valence-corrected chi connectivity index (χ3v) is 5.00. The first-order valence-electron chi connectivity index (χ1n) is 9.57. The first-order valence-corrected chi connectivity index (χ1v) is 9.57. The number of aryl methyl sites for hydroxylation is 2. The smallest absolute Gasteiger partial charge is 0.323 e. The molecule has 2 heterocycles. The zero-order valence-electron chi connectivity index (χ0n) is 16.8. The molecule has 2 aromatic carbocycles. The summed E-state index contributed by atoms with van der Waals surface area (Å²) in [5.41, 5.74) is 5.44. The van der Waals surface area contributed by atoms with Crippen molar-refractivity contribution < 1.29 is 14.3 Å². The summed E-state index contributed by atoms with van der Waals surface area (Å²) >= 11 is 0. The van der Waals surface area contributed by atoms with Crippen LogP contribution in [0, 0.1) is 20.8 Å². The third-order valence-electron chi connectivity index (χ3n) is 5.00. The van der Waals surface area contributed by atoms with Gasteiger partial charge < -0.3 is 20.1 Å². The number of urea groups is 1. The number of fused-ring (bicyclic) bond motifs is 1. The lowest BCUT2D eigenvalue weighted by Crippen LogP contribution is -2.21. The van der Waals surface area contributed by atoms with E-state index >= 15 is 0 Å². The monoisotopic (exact) mass is 392 g/mol. The zero-order valence-corrected chi connectivity index (χ0v) is 16.8. The zero-order chi connectivity index (χ0) is 20.4. The average Bonchev–Trinajstić information content (AvgIpc) is 2.97. The molecule has 0 spiro atoms. The Bertz CT molecular complexity index is 1060. The van der Waals surface area contributed by atoms with Gasteiger partial charge >= 0.3 is 6.03 Å². The van der Waals surface area contributed by atoms with Gasteiger partial charge in [-0.25, -0.2) is 4.79 Å². The van der Waals surface area contributed by atoms with Crippen LogP contribution >= 0.6 is 0 Å². The van der Waals surface area contributed by atoms with E-state index in [4.69, 9.17) is 9.47 Å². The van der Waals surface area contributed by atoms with Crippen molar-refractivity contribution in [1.82, 2.24) is 9.78 Å². The van der Waals surface area contributed by atoms with Crippen molar-refractivity contribution in [2.45, 2.75) is 27.3 Å². The lowest BCUT2D eigenvalue weighted by Gasteiger charge is -2.19. The Kier molecular flexibility index (Phi) is 5.12. The quantitative estimate of drug-likeness (QED) is 0.695. The number of ether oxygens (including phenoxy) is 2. The minimum absolute atomic E-state index is 0.330. The molecule has 0 fully saturated rings. The fourth-order valence-electron chi connectivity index (χ4n) is 3.38. The molecule has 29 heavy (non-hydrogen) atoms. The van der Waals surface area contributed by atoms with Crippen LogP contribution in [-0.4, -0.2) is 29.0 Å². The number of benzene rings is 2. The number of hydrogen-bond donors (Lipinski definition) is 2. The summed E-state index contributed by atoms with van der Waals surface area (Å²) in [6.45, 7) is 7.62. The van der Waals surface area contributed by atoms with Gasteiger partial charge in [-0.1, -0.05) is 24.3 Å². The van der Waals surface area contributed by atoms with Crippen molar-refractivity contribution in [2.75, 3.05) is 23.8 Å². The molecule has 0 radical (unpaired) electrons. The van der Waals surface area contributed by atoms with E-state index in [0.717, 1.165) is 11.4 Å². The first-order chi connectivity index (χ1) is 14.0. The summed E-state index contributed by atoms with van der Waals surface area (Å²) in [5, 5.41) is 10.4. The maximum absolute atomic E-state index is 12.5. The number of hydrogen-bond acceptors (Lipinski definition) is 4. The SMILES string of the molecule is Cc1ccccc1Cn1nc(C)c(NC(=O)Nc2ccc3c(c2)OCCO3)c1C. The molecule has 150 valence electrons. The molecule has 1 aromatic heterocycles. The van der Waals surface area contributed by atoms with Crippen LogP contribution in [0.3, 0.4) is 0 Å². The average molecular weight is 392 g/mol. The minimum atomic E-state index is -0.330. The van der Waals surface area contributed by atoms with Crippen LogP contribution in [0.1, 0.15) is 22.5 Å². The first kappa shape index (κ1) is 18.9. The van der Waals surface area contributed by atoms with Crippen molar-refractivity contribution in [3.63, 3.8) is 0 Å². The molecule has 0 bridgehead atoms. The Labute approximate surface area is 169 Å². The van der Waals surface area contributed by atoms with E-state index in [1.807, 2.05) is 30.7 Å². The number of nitrogens with one attached hydrogen (secondary N) is 2. The van der Waals surface area contributed by atoms with Gasteiger partial charge in [-0.2, -0.15) is 5.10 Å². The normalized spacial score (nSPS) is 12.5. The molecule has 0 aliphatic carbocycles. The lowest BCUT2D eigenvalue weighted by molar-refractivity contribution is 0.171. The highest BCUT2D eigenvalue weighted by atomic mass is 16.6. The van der Waals surface area contributed by atoms with E-state index in [-0.39, 0.29) is 6.03 Å². The topological polar surface area (TPSA) is 77.4 Å². The Morgan fingerprint density at radius 3 is 2.59 bits per heavy atom. The van der Waals surface area contributed by atoms with Gasteiger partial charge in [-0.15, -0.1) is 0 Å². The van der Waals surface area contributed by atoms with Crippen LogP contribution < -0.4 is 20.1 Å². The van der Waals surface area contributed by atoms with Gasteiger partial charge in [0.25, 0.3) is 0 Å². The predicted molar refractivity (Wildman–Crippen MR) is 112 cm³/mol. The number of anilines is 2. The molecule has 2 N–H and O–H groups in total. The van der Waals surface area contributed by atoms with Crippen LogP contribution in [0.15, 0.2) is 42.5 Å². The largest absolute Gasteiger partial charge is 0.486 e. The summed E-state index contributed by atoms with van der Waals surface area (Å²) < 4.78 is 13.0. The van der Waals surface area contributed by atoms with Gasteiger partial charge in [-0.3, -0.25) is 4.68 Å². The van der Waals surface area contributed by atoms with Gasteiger partial charge in [0.05, 0.1) is 23.6 Å². The number of aromatic nitrogens is 2. The Morgan fingerprint density at radius 2 is 1.79 bits per heavy atom. The van der Waals surface area contributed by atoms with Crippen LogP contribution in [0.4, 0.5) is 16.2 Å². The molecule has 0 unspecified atom stereocenters. The molecular formula is C22H24N4O3. The third kappa shape index (κ3) is 4.03. The lowest BCUT2D eigenvalue weighted by atomic mass is 10.1. The second-order valence-electron chi connectivity index (χ2n) is 7.07. The van der Waals surface area contributed by atoms with Crippen molar-refractivity contribution in [3.8, 4) is 11.5 Å². The summed E-state index contributed by atoms with van der Waals surface area (Å²) in [6, 6.07) is 13.2. The summed E-state index contributed by atoms with van der Waals surface area (Å²) in [5.74, 6) is 1.32. The number of carbonyl (C=O) groups excluding carboxylic acids is 1. The number of amides is 2. The number of nitrogens with zero attached hydrogens (tertiary/aromatic N) is 2. The highest BCUT2D eigenvalue weighted by Crippen LogP contribution is 2.32. The van der Waals surface area contributed by atoms with Gasteiger partial charge in [0.1, 0.15) is 13.2 Å². The summed E-state index contributed by atoms with van der Waals surface area (Å²) in [6.07, 6.45) is 0. The maximum Gasteiger partial charge on any atom is 0.323 e. The maximum atomic E-state index is 12.5. The van der Waals surface area contributed by atoms with E-state index in [0.29, 0.717) is 42.6 Å². The summed E-state index contributed by atoms with van der Waals surface area (Å²) in [4.78, 5) is 12.5. The molecule has 3 aromatic rings. The molecule has 0 saturated carbocycles. The molecule has 7 heteroatoms. The van der Waals surface area contributed by atoms with Crippen LogP contribution in [0.2, 0.25) is 0 Å². The van der Waals surface area contributed by atoms with Gasteiger partial charge in [-0.05, 0) is 44.0 Å². The van der Waals surface area contributed by atoms with Crippen LogP contribution in [0.25, 0.3) is 0 Å². The van der Waals surface area contributed by atoms with Crippen LogP contribution in [0.5, 0.6) is 11.5 Å². The van der Waals surface area contributed by atoms with Crippen molar-refractivity contribution in [2.24, 2.45) is 0 Å². The molecular weight excluding hydrogens is 368 g/mol. The van der Waals surface area contributed by atoms with Crippen molar-refractivity contribution in [1.29, 1.82) is 0 Å². The predicted octanol–water partition coefficient (Wildman–Crippen LogP) is 4.27. The Morgan fingerprint density at radius 1 is 1.03 bits per heavy atom. The van der Waals surface area contributed by atoms with Crippen molar-refractivity contribution >= 4 is 17.4 Å². The highest BCUT2D eigenvalue weighted by molar-refractivity contribution is 6.00. The van der Waals surface area contributed by atoms with E-state index in [1.54, 1.807) is 18.2 Å². The molecule has 0 atom stereocenters. The minimum Gasteiger partial charge on any atom is -0.486 e. The van der Waals surface area contributed by atoms with Gasteiger partial charge in [0, 0.05) is 11.8 Å². The van der Waals surface area contributed by atoms with E-state index in [1.165, 1.54) is 11.1 Å². The van der Waals surface area contributed by atoms with Crippen molar-refractivity contribution in [3.05, 3.63) is 65.0 Å². The Hall–Kier alpha value is -3.48. The fourth-order valence-corrected chi connectivity index (χ4v) is 3.38.